The highest BCUT2D eigenvalue weighted by molar-refractivity contribution is 7.89. The molecule has 0 aliphatic carbocycles. The molecule has 1 saturated heterocycles. The number of halogens is 2. The molecule has 2 aromatic rings. The molecular formula is C16H17Cl2N3O3S2. The minimum atomic E-state index is -3.68. The summed E-state index contributed by atoms with van der Waals surface area (Å²) in [5.41, 5.74) is 0. The third kappa shape index (κ3) is 4.55. The third-order valence-corrected chi connectivity index (χ3v) is 7.29. The van der Waals surface area contributed by atoms with Crippen LogP contribution >= 0.6 is 34.5 Å². The highest BCUT2D eigenvalue weighted by Gasteiger charge is 2.32. The minimum absolute atomic E-state index is 0.0666. The Morgan fingerprint density at radius 2 is 1.88 bits per heavy atom. The molecular weight excluding hydrogens is 417 g/mol. The summed E-state index contributed by atoms with van der Waals surface area (Å²) in [4.78, 5) is 16.5. The van der Waals surface area contributed by atoms with Crippen LogP contribution in [0.4, 0.5) is 0 Å². The summed E-state index contributed by atoms with van der Waals surface area (Å²) in [5.74, 6) is -0.271. The Morgan fingerprint density at radius 3 is 2.46 bits per heavy atom. The lowest BCUT2D eigenvalue weighted by atomic mass is 9.97. The molecule has 6 nitrogen and oxygen atoms in total. The fourth-order valence-electron chi connectivity index (χ4n) is 2.83. The van der Waals surface area contributed by atoms with Gasteiger partial charge < -0.3 is 5.32 Å². The molecule has 1 aromatic heterocycles. The molecule has 140 valence electrons. The van der Waals surface area contributed by atoms with Gasteiger partial charge in [0, 0.05) is 40.6 Å². The van der Waals surface area contributed by atoms with Crippen molar-refractivity contribution in [2.45, 2.75) is 24.3 Å². The molecule has 0 unspecified atom stereocenters. The van der Waals surface area contributed by atoms with Gasteiger partial charge >= 0.3 is 0 Å². The molecule has 1 aromatic carbocycles. The maximum absolute atomic E-state index is 12.8. The third-order valence-electron chi connectivity index (χ3n) is 4.20. The van der Waals surface area contributed by atoms with E-state index >= 15 is 0 Å². The Bertz CT molecular complexity index is 860. The largest absolute Gasteiger partial charge is 0.349 e. The number of nitrogens with one attached hydrogen (secondary N) is 1. The van der Waals surface area contributed by atoms with Crippen molar-refractivity contribution < 1.29 is 13.2 Å². The standard InChI is InChI=1S/C16H17Cl2N3O3S2/c17-12-7-13(18)9-14(8-12)26(23,24)21-4-1-11(2-5-21)16(22)20-10-15-19-3-6-25-15/h3,6-9,11H,1-2,4-5,10H2,(H,20,22). The van der Waals surface area contributed by atoms with E-state index in [-0.39, 0.29) is 39.9 Å². The van der Waals surface area contributed by atoms with E-state index in [1.807, 2.05) is 5.38 Å². The first-order valence-electron chi connectivity index (χ1n) is 7.98. The smallest absolute Gasteiger partial charge is 0.243 e. The van der Waals surface area contributed by atoms with Gasteiger partial charge in [-0.05, 0) is 31.0 Å². The van der Waals surface area contributed by atoms with E-state index in [2.05, 4.69) is 10.3 Å². The van der Waals surface area contributed by atoms with Gasteiger partial charge in [0.15, 0.2) is 0 Å². The monoisotopic (exact) mass is 433 g/mol. The number of benzene rings is 1. The number of thiazole rings is 1. The molecule has 1 amide bonds. The number of sulfonamides is 1. The second-order valence-corrected chi connectivity index (χ2v) is 9.72. The number of hydrogen-bond acceptors (Lipinski definition) is 5. The van der Waals surface area contributed by atoms with Crippen molar-refractivity contribution in [1.29, 1.82) is 0 Å². The van der Waals surface area contributed by atoms with Crippen LogP contribution in [-0.2, 0) is 21.4 Å². The van der Waals surface area contributed by atoms with Crippen LogP contribution in [0.2, 0.25) is 10.0 Å². The number of nitrogens with zero attached hydrogens (tertiary/aromatic N) is 2. The first-order valence-corrected chi connectivity index (χ1v) is 11.1. The fourth-order valence-corrected chi connectivity index (χ4v) is 5.59. The molecule has 0 saturated carbocycles. The Balaban J connectivity index is 1.59. The molecule has 2 heterocycles. The molecule has 1 aliphatic heterocycles. The van der Waals surface area contributed by atoms with Gasteiger partial charge in [0.2, 0.25) is 15.9 Å². The first-order chi connectivity index (χ1) is 12.4. The highest BCUT2D eigenvalue weighted by Crippen LogP contribution is 2.28. The number of piperidine rings is 1. The van der Waals surface area contributed by atoms with Crippen LogP contribution in [0.15, 0.2) is 34.7 Å². The van der Waals surface area contributed by atoms with Crippen molar-refractivity contribution in [3.05, 3.63) is 44.8 Å². The summed E-state index contributed by atoms with van der Waals surface area (Å²) < 4.78 is 26.9. The zero-order chi connectivity index (χ0) is 18.7. The number of hydrogen-bond donors (Lipinski definition) is 1. The molecule has 0 bridgehead atoms. The molecule has 26 heavy (non-hydrogen) atoms. The van der Waals surface area contributed by atoms with Crippen molar-refractivity contribution in [2.24, 2.45) is 5.92 Å². The van der Waals surface area contributed by atoms with Crippen LogP contribution in [0.5, 0.6) is 0 Å². The summed E-state index contributed by atoms with van der Waals surface area (Å²) in [6, 6.07) is 4.26. The van der Waals surface area contributed by atoms with Crippen LogP contribution in [0.25, 0.3) is 0 Å². The summed E-state index contributed by atoms with van der Waals surface area (Å²) in [5, 5.41) is 6.10. The molecule has 0 atom stereocenters. The maximum atomic E-state index is 12.8. The zero-order valence-electron chi connectivity index (χ0n) is 13.7. The maximum Gasteiger partial charge on any atom is 0.243 e. The Hall–Kier alpha value is -1.19. The Labute approximate surface area is 166 Å². The number of amides is 1. The minimum Gasteiger partial charge on any atom is -0.349 e. The predicted octanol–water partition coefficient (Wildman–Crippen LogP) is 3.17. The fraction of sp³-hybridized carbons (Fsp3) is 0.375. The molecule has 3 rings (SSSR count). The van der Waals surface area contributed by atoms with Gasteiger partial charge in [0.05, 0.1) is 11.4 Å². The molecule has 10 heteroatoms. The van der Waals surface area contributed by atoms with Crippen molar-refractivity contribution in [1.82, 2.24) is 14.6 Å². The number of carbonyl (C=O) groups is 1. The van der Waals surface area contributed by atoms with Gasteiger partial charge in [-0.3, -0.25) is 4.79 Å². The number of aromatic nitrogens is 1. The van der Waals surface area contributed by atoms with Crippen molar-refractivity contribution in [3.8, 4) is 0 Å². The average Bonchev–Trinajstić information content (AvgIpc) is 3.12. The first kappa shape index (κ1) is 19.6. The van der Waals surface area contributed by atoms with Crippen molar-refractivity contribution >= 4 is 50.5 Å². The molecule has 1 aliphatic rings. The molecule has 1 N–H and O–H groups in total. The Kier molecular flexibility index (Phi) is 6.19. The van der Waals surface area contributed by atoms with E-state index in [1.165, 1.54) is 33.8 Å². The lowest BCUT2D eigenvalue weighted by Crippen LogP contribution is -2.42. The average molecular weight is 434 g/mol. The summed E-state index contributed by atoms with van der Waals surface area (Å²) in [7, 11) is -3.68. The summed E-state index contributed by atoms with van der Waals surface area (Å²) in [6.45, 7) is 0.958. The van der Waals surface area contributed by atoms with Crippen LogP contribution in [-0.4, -0.2) is 36.7 Å². The van der Waals surface area contributed by atoms with Gasteiger partial charge in [-0.1, -0.05) is 23.2 Å². The SMILES string of the molecule is O=C(NCc1nccs1)C1CCN(S(=O)(=O)c2cc(Cl)cc(Cl)c2)CC1. The van der Waals surface area contributed by atoms with E-state index in [1.54, 1.807) is 6.20 Å². The quantitative estimate of drug-likeness (QED) is 0.784. The topological polar surface area (TPSA) is 79.4 Å². The predicted molar refractivity (Wildman–Crippen MR) is 102 cm³/mol. The zero-order valence-corrected chi connectivity index (χ0v) is 16.8. The van der Waals surface area contributed by atoms with E-state index in [0.717, 1.165) is 5.01 Å². The summed E-state index contributed by atoms with van der Waals surface area (Å²) >= 11 is 13.3. The van der Waals surface area contributed by atoms with Gasteiger partial charge in [0.1, 0.15) is 5.01 Å². The highest BCUT2D eigenvalue weighted by atomic mass is 35.5. The molecule has 0 radical (unpaired) electrons. The van der Waals surface area contributed by atoms with Crippen LogP contribution in [0.3, 0.4) is 0 Å². The lowest BCUT2D eigenvalue weighted by molar-refractivity contribution is -0.126. The van der Waals surface area contributed by atoms with Crippen LogP contribution in [0.1, 0.15) is 17.8 Å². The molecule has 0 spiro atoms. The van der Waals surface area contributed by atoms with E-state index in [0.29, 0.717) is 19.4 Å². The lowest BCUT2D eigenvalue weighted by Gasteiger charge is -2.30. The van der Waals surface area contributed by atoms with Gasteiger partial charge in [-0.2, -0.15) is 4.31 Å². The van der Waals surface area contributed by atoms with E-state index < -0.39 is 10.0 Å². The number of rotatable bonds is 5. The van der Waals surface area contributed by atoms with E-state index in [4.69, 9.17) is 23.2 Å². The second-order valence-electron chi connectivity index (χ2n) is 5.93. The van der Waals surface area contributed by atoms with Crippen LogP contribution < -0.4 is 5.32 Å². The van der Waals surface area contributed by atoms with Gasteiger partial charge in [-0.25, -0.2) is 13.4 Å². The molecule has 1 fully saturated rings. The Morgan fingerprint density at radius 1 is 1.23 bits per heavy atom. The van der Waals surface area contributed by atoms with Gasteiger partial charge in [-0.15, -0.1) is 11.3 Å². The normalized spacial score (nSPS) is 16.5. The van der Waals surface area contributed by atoms with E-state index in [9.17, 15) is 13.2 Å². The van der Waals surface area contributed by atoms with Crippen molar-refractivity contribution in [3.63, 3.8) is 0 Å². The van der Waals surface area contributed by atoms with Gasteiger partial charge in [0.25, 0.3) is 0 Å². The number of carbonyl (C=O) groups excluding carboxylic acids is 1. The second kappa shape index (κ2) is 8.22. The van der Waals surface area contributed by atoms with Crippen molar-refractivity contribution in [2.75, 3.05) is 13.1 Å². The van der Waals surface area contributed by atoms with Crippen LogP contribution in [0, 0.1) is 5.92 Å². The summed E-state index contributed by atoms with van der Waals surface area (Å²) in [6.07, 6.45) is 2.63.